The van der Waals surface area contributed by atoms with Crippen molar-refractivity contribution in [3.05, 3.63) is 71.3 Å². The number of aryl methyl sites for hydroxylation is 1. The molecule has 1 nitrogen and oxygen atoms in total. The number of carbonyl (C=O) groups is 1. The lowest BCUT2D eigenvalue weighted by Gasteiger charge is -1.97. The van der Waals surface area contributed by atoms with Crippen molar-refractivity contribution < 1.29 is 4.79 Å². The highest BCUT2D eigenvalue weighted by Gasteiger charge is 1.96. The van der Waals surface area contributed by atoms with Crippen LogP contribution in [0.4, 0.5) is 0 Å². The van der Waals surface area contributed by atoms with Crippen LogP contribution in [0.5, 0.6) is 0 Å². The zero-order chi connectivity index (χ0) is 14.2. The van der Waals surface area contributed by atoms with Crippen LogP contribution < -0.4 is 0 Å². The lowest BCUT2D eigenvalue weighted by atomic mass is 10.1. The van der Waals surface area contributed by atoms with Gasteiger partial charge in [0.2, 0.25) is 0 Å². The second kappa shape index (κ2) is 7.31. The highest BCUT2D eigenvalue weighted by molar-refractivity contribution is 5.94. The van der Waals surface area contributed by atoms with Crippen molar-refractivity contribution in [1.82, 2.24) is 0 Å². The topological polar surface area (TPSA) is 17.1 Å². The van der Waals surface area contributed by atoms with Crippen LogP contribution in [0.15, 0.2) is 54.6 Å². The molecule has 0 bridgehead atoms. The van der Waals surface area contributed by atoms with Crippen LogP contribution in [-0.2, 0) is 6.42 Å². The van der Waals surface area contributed by atoms with Crippen LogP contribution in [0.3, 0.4) is 0 Å². The van der Waals surface area contributed by atoms with Crippen molar-refractivity contribution in [3.63, 3.8) is 0 Å². The molecule has 2 aromatic carbocycles. The molecular weight excluding hydrogens is 244 g/mol. The molecule has 0 saturated carbocycles. The van der Waals surface area contributed by atoms with E-state index in [-0.39, 0.29) is 5.78 Å². The summed E-state index contributed by atoms with van der Waals surface area (Å²) < 4.78 is 0. The Balaban J connectivity index is 1.81. The number of unbranched alkanes of at least 4 members (excludes halogenated alkanes) is 1. The third kappa shape index (κ3) is 4.40. The summed E-state index contributed by atoms with van der Waals surface area (Å²) in [5.41, 5.74) is 3.06. The summed E-state index contributed by atoms with van der Waals surface area (Å²) in [5.74, 6) is 6.41. The molecule has 0 radical (unpaired) electrons. The number of Topliss-reactive ketones (excluding diaryl/α,β-unsaturated/α-hetero) is 1. The average molecular weight is 262 g/mol. The fourth-order valence-electron chi connectivity index (χ4n) is 1.98. The molecule has 0 aromatic heterocycles. The number of hydrogen-bond donors (Lipinski definition) is 0. The van der Waals surface area contributed by atoms with Gasteiger partial charge in [-0.05, 0) is 37.5 Å². The predicted octanol–water partition coefficient (Wildman–Crippen LogP) is 4.26. The summed E-state index contributed by atoms with van der Waals surface area (Å²) in [6.07, 6.45) is 3.03. The molecule has 2 aromatic rings. The number of benzene rings is 2. The Morgan fingerprint density at radius 1 is 1.00 bits per heavy atom. The van der Waals surface area contributed by atoms with Crippen molar-refractivity contribution in [2.45, 2.75) is 26.2 Å². The number of carbonyl (C=O) groups excluding carboxylic acids is 1. The van der Waals surface area contributed by atoms with Crippen LogP contribution >= 0.6 is 0 Å². The first-order valence-corrected chi connectivity index (χ1v) is 6.89. The van der Waals surface area contributed by atoms with Gasteiger partial charge >= 0.3 is 0 Å². The standard InChI is InChI=1S/C19H18O/c1-16(20)19-14-12-18(13-15-19)11-7-3-6-10-17-8-4-2-5-9-17/h2,4-5,8-9,12-15H,3,6,10H2,1H3. The van der Waals surface area contributed by atoms with Gasteiger partial charge in [0.25, 0.3) is 0 Å². The normalized spacial score (nSPS) is 9.65. The van der Waals surface area contributed by atoms with E-state index in [1.54, 1.807) is 6.92 Å². The Labute approximate surface area is 120 Å². The van der Waals surface area contributed by atoms with Gasteiger partial charge in [0, 0.05) is 17.5 Å². The second-order valence-corrected chi connectivity index (χ2v) is 4.77. The van der Waals surface area contributed by atoms with Gasteiger partial charge in [-0.25, -0.2) is 0 Å². The first kappa shape index (κ1) is 14.1. The highest BCUT2D eigenvalue weighted by Crippen LogP contribution is 2.05. The fourth-order valence-corrected chi connectivity index (χ4v) is 1.98. The molecule has 1 heteroatoms. The summed E-state index contributed by atoms with van der Waals surface area (Å²) in [5, 5.41) is 0. The van der Waals surface area contributed by atoms with E-state index in [0.717, 1.165) is 30.4 Å². The van der Waals surface area contributed by atoms with E-state index in [1.165, 1.54) is 5.56 Å². The van der Waals surface area contributed by atoms with Crippen molar-refractivity contribution in [2.75, 3.05) is 0 Å². The third-order valence-corrected chi connectivity index (χ3v) is 3.13. The van der Waals surface area contributed by atoms with Gasteiger partial charge in [-0.1, -0.05) is 54.3 Å². The first-order chi connectivity index (χ1) is 9.75. The molecule has 0 aliphatic carbocycles. The van der Waals surface area contributed by atoms with Gasteiger partial charge in [-0.3, -0.25) is 4.79 Å². The molecule has 0 fully saturated rings. The van der Waals surface area contributed by atoms with Crippen molar-refractivity contribution in [1.29, 1.82) is 0 Å². The lowest BCUT2D eigenvalue weighted by Crippen LogP contribution is -1.90. The van der Waals surface area contributed by atoms with E-state index < -0.39 is 0 Å². The van der Waals surface area contributed by atoms with Gasteiger partial charge < -0.3 is 0 Å². The molecule has 0 amide bonds. The van der Waals surface area contributed by atoms with Gasteiger partial charge in [-0.2, -0.15) is 0 Å². The molecule has 0 aliphatic rings. The number of hydrogen-bond acceptors (Lipinski definition) is 1. The van der Waals surface area contributed by atoms with Crippen LogP contribution in [-0.4, -0.2) is 5.78 Å². The van der Waals surface area contributed by atoms with Crippen LogP contribution in [0, 0.1) is 11.8 Å². The second-order valence-electron chi connectivity index (χ2n) is 4.77. The summed E-state index contributed by atoms with van der Waals surface area (Å²) in [7, 11) is 0. The summed E-state index contributed by atoms with van der Waals surface area (Å²) in [6.45, 7) is 1.57. The minimum atomic E-state index is 0.0902. The van der Waals surface area contributed by atoms with Crippen molar-refractivity contribution in [3.8, 4) is 11.8 Å². The van der Waals surface area contributed by atoms with E-state index in [9.17, 15) is 4.79 Å². The first-order valence-electron chi connectivity index (χ1n) is 6.89. The van der Waals surface area contributed by atoms with E-state index in [1.807, 2.05) is 30.3 Å². The highest BCUT2D eigenvalue weighted by atomic mass is 16.1. The summed E-state index contributed by atoms with van der Waals surface area (Å²) >= 11 is 0. The van der Waals surface area contributed by atoms with Gasteiger partial charge in [0.1, 0.15) is 0 Å². The van der Waals surface area contributed by atoms with E-state index >= 15 is 0 Å². The maximum absolute atomic E-state index is 11.2. The summed E-state index contributed by atoms with van der Waals surface area (Å²) in [4.78, 5) is 11.2. The number of ketones is 1. The molecular formula is C19H18O. The quantitative estimate of drug-likeness (QED) is 0.457. The SMILES string of the molecule is CC(=O)c1ccc(C#CCCCc2ccccc2)cc1. The molecule has 0 atom stereocenters. The Kier molecular flexibility index (Phi) is 5.15. The number of rotatable bonds is 4. The maximum Gasteiger partial charge on any atom is 0.159 e. The molecule has 100 valence electrons. The molecule has 20 heavy (non-hydrogen) atoms. The maximum atomic E-state index is 11.2. The lowest BCUT2D eigenvalue weighted by molar-refractivity contribution is 0.101. The minimum Gasteiger partial charge on any atom is -0.295 e. The van der Waals surface area contributed by atoms with Gasteiger partial charge in [0.15, 0.2) is 5.78 Å². The monoisotopic (exact) mass is 262 g/mol. The Morgan fingerprint density at radius 3 is 2.35 bits per heavy atom. The molecule has 0 heterocycles. The smallest absolute Gasteiger partial charge is 0.159 e. The summed E-state index contributed by atoms with van der Waals surface area (Å²) in [6, 6.07) is 17.9. The average Bonchev–Trinajstić information content (AvgIpc) is 2.48. The van der Waals surface area contributed by atoms with Gasteiger partial charge in [0.05, 0.1) is 0 Å². The largest absolute Gasteiger partial charge is 0.295 e. The fraction of sp³-hybridized carbons (Fsp3) is 0.211. The van der Waals surface area contributed by atoms with E-state index in [0.29, 0.717) is 0 Å². The molecule has 2 rings (SSSR count). The molecule has 0 spiro atoms. The van der Waals surface area contributed by atoms with E-state index in [2.05, 4.69) is 36.1 Å². The predicted molar refractivity (Wildman–Crippen MR) is 82.7 cm³/mol. The van der Waals surface area contributed by atoms with E-state index in [4.69, 9.17) is 0 Å². The van der Waals surface area contributed by atoms with Crippen molar-refractivity contribution in [2.24, 2.45) is 0 Å². The Hall–Kier alpha value is -2.33. The zero-order valence-electron chi connectivity index (χ0n) is 11.7. The molecule has 0 N–H and O–H groups in total. The molecule has 0 unspecified atom stereocenters. The minimum absolute atomic E-state index is 0.0902. The zero-order valence-corrected chi connectivity index (χ0v) is 11.7. The Morgan fingerprint density at radius 2 is 1.70 bits per heavy atom. The van der Waals surface area contributed by atoms with Gasteiger partial charge in [-0.15, -0.1) is 0 Å². The third-order valence-electron chi connectivity index (χ3n) is 3.13. The van der Waals surface area contributed by atoms with Crippen molar-refractivity contribution >= 4 is 5.78 Å². The Bertz CT molecular complexity index is 612. The van der Waals surface area contributed by atoms with Crippen LogP contribution in [0.25, 0.3) is 0 Å². The van der Waals surface area contributed by atoms with Crippen LogP contribution in [0.1, 0.15) is 41.3 Å². The molecule has 0 aliphatic heterocycles. The van der Waals surface area contributed by atoms with Crippen LogP contribution in [0.2, 0.25) is 0 Å². The molecule has 0 saturated heterocycles.